The number of carboxylic acid groups (broad SMARTS) is 1. The number of halogens is 2. The molecule has 1 rings (SSSR count). The van der Waals surface area contributed by atoms with Crippen LogP contribution >= 0.6 is 11.6 Å². The summed E-state index contributed by atoms with van der Waals surface area (Å²) < 4.78 is 13.7. The Kier molecular flexibility index (Phi) is 4.90. The molecule has 1 unspecified atom stereocenters. The lowest BCUT2D eigenvalue weighted by Gasteiger charge is -2.26. The molecular formula is C12H15ClFNO2. The van der Waals surface area contributed by atoms with Crippen molar-refractivity contribution in [3.05, 3.63) is 34.6 Å². The van der Waals surface area contributed by atoms with E-state index in [-0.39, 0.29) is 10.6 Å². The predicted molar refractivity (Wildman–Crippen MR) is 64.7 cm³/mol. The minimum absolute atomic E-state index is 0.144. The van der Waals surface area contributed by atoms with Crippen LogP contribution in [0, 0.1) is 5.82 Å². The zero-order chi connectivity index (χ0) is 13.0. The average Bonchev–Trinajstić information content (AvgIpc) is 2.26. The van der Waals surface area contributed by atoms with Crippen LogP contribution in [-0.2, 0) is 4.79 Å². The topological polar surface area (TPSA) is 40.5 Å². The molecule has 0 aliphatic carbocycles. The van der Waals surface area contributed by atoms with Crippen molar-refractivity contribution >= 4 is 17.6 Å². The SMILES string of the molecule is CCN(CC)C(C(=O)O)c1ccc(Cl)cc1F. The third-order valence-corrected chi connectivity index (χ3v) is 2.90. The molecule has 1 N–H and O–H groups in total. The third kappa shape index (κ3) is 3.17. The summed E-state index contributed by atoms with van der Waals surface area (Å²) in [5.74, 6) is -1.65. The molecule has 5 heteroatoms. The first-order valence-electron chi connectivity index (χ1n) is 5.43. The molecule has 0 aliphatic rings. The van der Waals surface area contributed by atoms with Gasteiger partial charge >= 0.3 is 5.97 Å². The summed E-state index contributed by atoms with van der Waals surface area (Å²) in [6.07, 6.45) is 0. The van der Waals surface area contributed by atoms with Crippen molar-refractivity contribution < 1.29 is 14.3 Å². The molecule has 1 atom stereocenters. The van der Waals surface area contributed by atoms with Crippen molar-refractivity contribution in [1.82, 2.24) is 4.90 Å². The van der Waals surface area contributed by atoms with Crippen molar-refractivity contribution in [2.45, 2.75) is 19.9 Å². The lowest BCUT2D eigenvalue weighted by molar-refractivity contribution is -0.143. The molecule has 0 saturated heterocycles. The summed E-state index contributed by atoms with van der Waals surface area (Å²) in [5, 5.41) is 9.47. The van der Waals surface area contributed by atoms with Crippen molar-refractivity contribution in [1.29, 1.82) is 0 Å². The Hall–Kier alpha value is -1.13. The molecule has 3 nitrogen and oxygen atoms in total. The van der Waals surface area contributed by atoms with Crippen LogP contribution in [0.1, 0.15) is 25.5 Å². The summed E-state index contributed by atoms with van der Waals surface area (Å²) in [5.41, 5.74) is 0.144. The van der Waals surface area contributed by atoms with E-state index in [2.05, 4.69) is 0 Å². The highest BCUT2D eigenvalue weighted by molar-refractivity contribution is 6.30. The first-order valence-corrected chi connectivity index (χ1v) is 5.80. The number of hydrogen-bond acceptors (Lipinski definition) is 2. The van der Waals surface area contributed by atoms with Gasteiger partial charge in [0.25, 0.3) is 0 Å². The highest BCUT2D eigenvalue weighted by atomic mass is 35.5. The van der Waals surface area contributed by atoms with Crippen LogP contribution in [-0.4, -0.2) is 29.1 Å². The number of carbonyl (C=O) groups is 1. The molecular weight excluding hydrogens is 245 g/mol. The Morgan fingerprint density at radius 3 is 2.47 bits per heavy atom. The molecule has 94 valence electrons. The fraction of sp³-hybridized carbons (Fsp3) is 0.417. The van der Waals surface area contributed by atoms with Gasteiger partial charge < -0.3 is 5.11 Å². The maximum Gasteiger partial charge on any atom is 0.325 e. The van der Waals surface area contributed by atoms with Gasteiger partial charge in [-0.25, -0.2) is 4.39 Å². The van der Waals surface area contributed by atoms with Crippen molar-refractivity contribution in [2.75, 3.05) is 13.1 Å². The van der Waals surface area contributed by atoms with Crippen LogP contribution in [0.3, 0.4) is 0 Å². The molecule has 0 aliphatic heterocycles. The molecule has 1 aromatic rings. The van der Waals surface area contributed by atoms with E-state index in [0.717, 1.165) is 6.07 Å². The number of aliphatic carboxylic acids is 1. The predicted octanol–water partition coefficient (Wildman–Crippen LogP) is 2.95. The zero-order valence-corrected chi connectivity index (χ0v) is 10.5. The minimum atomic E-state index is -1.06. The van der Waals surface area contributed by atoms with E-state index in [1.54, 1.807) is 4.90 Å². The van der Waals surface area contributed by atoms with Gasteiger partial charge in [0.15, 0.2) is 0 Å². The van der Waals surface area contributed by atoms with E-state index < -0.39 is 17.8 Å². The second-order valence-corrected chi connectivity index (χ2v) is 4.06. The van der Waals surface area contributed by atoms with E-state index >= 15 is 0 Å². The maximum atomic E-state index is 13.7. The number of likely N-dealkylation sites (N-methyl/N-ethyl adjacent to an activating group) is 1. The zero-order valence-electron chi connectivity index (χ0n) is 9.78. The van der Waals surface area contributed by atoms with E-state index in [4.69, 9.17) is 11.6 Å². The molecule has 17 heavy (non-hydrogen) atoms. The largest absolute Gasteiger partial charge is 0.480 e. The van der Waals surface area contributed by atoms with Gasteiger partial charge in [0, 0.05) is 10.6 Å². The van der Waals surface area contributed by atoms with Crippen molar-refractivity contribution in [3.63, 3.8) is 0 Å². The van der Waals surface area contributed by atoms with Crippen LogP contribution < -0.4 is 0 Å². The molecule has 0 spiro atoms. The smallest absolute Gasteiger partial charge is 0.325 e. The number of carboxylic acids is 1. The quantitative estimate of drug-likeness (QED) is 0.884. The van der Waals surface area contributed by atoms with Crippen LogP contribution in [0.4, 0.5) is 4.39 Å². The molecule has 0 amide bonds. The summed E-state index contributed by atoms with van der Waals surface area (Å²) in [6, 6.07) is 3.09. The lowest BCUT2D eigenvalue weighted by atomic mass is 10.0. The standard InChI is InChI=1S/C12H15ClFNO2/c1-3-15(4-2)11(12(16)17)9-6-5-8(13)7-10(9)14/h5-7,11H,3-4H2,1-2H3,(H,16,17). The highest BCUT2D eigenvalue weighted by Gasteiger charge is 2.27. The van der Waals surface area contributed by atoms with Crippen LogP contribution in [0.5, 0.6) is 0 Å². The van der Waals surface area contributed by atoms with Gasteiger partial charge in [-0.05, 0) is 25.2 Å². The third-order valence-electron chi connectivity index (χ3n) is 2.67. The first kappa shape index (κ1) is 13.9. The second kappa shape index (κ2) is 5.98. The van der Waals surface area contributed by atoms with Gasteiger partial charge in [-0.2, -0.15) is 0 Å². The summed E-state index contributed by atoms with van der Waals surface area (Å²) >= 11 is 5.65. The average molecular weight is 260 g/mol. The molecule has 0 radical (unpaired) electrons. The van der Waals surface area contributed by atoms with Gasteiger partial charge in [-0.15, -0.1) is 0 Å². The molecule has 1 aromatic carbocycles. The minimum Gasteiger partial charge on any atom is -0.480 e. The van der Waals surface area contributed by atoms with Gasteiger partial charge in [0.05, 0.1) is 0 Å². The Labute approximate surface area is 105 Å². The van der Waals surface area contributed by atoms with Crippen LogP contribution in [0.15, 0.2) is 18.2 Å². The van der Waals surface area contributed by atoms with E-state index in [1.807, 2.05) is 13.8 Å². The Balaban J connectivity index is 3.18. The summed E-state index contributed by atoms with van der Waals surface area (Å²) in [6.45, 7) is 4.76. The normalized spacial score (nSPS) is 12.8. The van der Waals surface area contributed by atoms with Gasteiger partial charge in [-0.3, -0.25) is 9.69 Å². The first-order chi connectivity index (χ1) is 8.01. The molecule has 0 aromatic heterocycles. The maximum absolute atomic E-state index is 13.7. The summed E-state index contributed by atoms with van der Waals surface area (Å²) in [4.78, 5) is 12.9. The number of benzene rings is 1. The lowest BCUT2D eigenvalue weighted by Crippen LogP contribution is -2.34. The van der Waals surface area contributed by atoms with Crippen molar-refractivity contribution in [2.24, 2.45) is 0 Å². The molecule has 0 heterocycles. The Morgan fingerprint density at radius 1 is 1.47 bits per heavy atom. The Morgan fingerprint density at radius 2 is 2.06 bits per heavy atom. The van der Waals surface area contributed by atoms with E-state index in [9.17, 15) is 14.3 Å². The van der Waals surface area contributed by atoms with Crippen LogP contribution in [0.25, 0.3) is 0 Å². The number of rotatable bonds is 5. The highest BCUT2D eigenvalue weighted by Crippen LogP contribution is 2.25. The van der Waals surface area contributed by atoms with E-state index in [0.29, 0.717) is 13.1 Å². The molecule has 0 saturated carbocycles. The Bertz CT molecular complexity index is 407. The van der Waals surface area contributed by atoms with Crippen LogP contribution in [0.2, 0.25) is 5.02 Å². The fourth-order valence-electron chi connectivity index (χ4n) is 1.80. The number of hydrogen-bond donors (Lipinski definition) is 1. The van der Waals surface area contributed by atoms with Gasteiger partial charge in [-0.1, -0.05) is 31.5 Å². The van der Waals surface area contributed by atoms with Gasteiger partial charge in [0.2, 0.25) is 0 Å². The fourth-order valence-corrected chi connectivity index (χ4v) is 1.96. The monoisotopic (exact) mass is 259 g/mol. The van der Waals surface area contributed by atoms with Crippen molar-refractivity contribution in [3.8, 4) is 0 Å². The second-order valence-electron chi connectivity index (χ2n) is 3.63. The number of nitrogens with zero attached hydrogens (tertiary/aromatic N) is 1. The molecule has 0 bridgehead atoms. The molecule has 0 fully saturated rings. The van der Waals surface area contributed by atoms with E-state index in [1.165, 1.54) is 12.1 Å². The summed E-state index contributed by atoms with van der Waals surface area (Å²) in [7, 11) is 0. The van der Waals surface area contributed by atoms with Gasteiger partial charge in [0.1, 0.15) is 11.9 Å².